The fourth-order valence-corrected chi connectivity index (χ4v) is 4.30. The molecule has 0 spiro atoms. The van der Waals surface area contributed by atoms with Crippen LogP contribution < -0.4 is 10.3 Å². The minimum atomic E-state index is -3.72. The lowest BCUT2D eigenvalue weighted by Gasteiger charge is -2.19. The van der Waals surface area contributed by atoms with Gasteiger partial charge in [0.05, 0.1) is 4.90 Å². The predicted octanol–water partition coefficient (Wildman–Crippen LogP) is 4.59. The molecule has 4 N–H and O–H groups in total. The molecule has 0 saturated carbocycles. The van der Waals surface area contributed by atoms with E-state index in [4.69, 9.17) is 5.11 Å². The molecule has 0 aliphatic rings. The highest BCUT2D eigenvalue weighted by molar-refractivity contribution is 7.92. The van der Waals surface area contributed by atoms with Crippen LogP contribution in [0.4, 0.5) is 5.69 Å². The van der Waals surface area contributed by atoms with Crippen molar-refractivity contribution in [3.05, 3.63) is 70.6 Å². The van der Waals surface area contributed by atoms with Crippen molar-refractivity contribution in [2.24, 2.45) is 0 Å². The molecule has 174 valence electrons. The van der Waals surface area contributed by atoms with E-state index >= 15 is 0 Å². The number of anilines is 1. The Hall–Kier alpha value is -3.59. The van der Waals surface area contributed by atoms with Crippen molar-refractivity contribution in [3.8, 4) is 0 Å². The first-order valence-electron chi connectivity index (χ1n) is 10.4. The van der Waals surface area contributed by atoms with E-state index in [9.17, 15) is 18.0 Å². The first-order valence-corrected chi connectivity index (χ1v) is 11.9. The SMILES string of the molecule is CC(C)(C)c1ccc(S(=O)(=O)Nc2ccc3[nH]c(=O)c4[nH]ccc4c3c2)cc1.CCC(=O)O. The highest BCUT2D eigenvalue weighted by atomic mass is 32.2. The van der Waals surface area contributed by atoms with Gasteiger partial charge in [-0.2, -0.15) is 0 Å². The van der Waals surface area contributed by atoms with Crippen molar-refractivity contribution >= 4 is 43.5 Å². The van der Waals surface area contributed by atoms with E-state index in [0.29, 0.717) is 16.7 Å². The molecule has 0 amide bonds. The fourth-order valence-electron chi connectivity index (χ4n) is 3.25. The fraction of sp³-hybridized carbons (Fsp3) is 0.250. The Kier molecular flexibility index (Phi) is 6.64. The summed E-state index contributed by atoms with van der Waals surface area (Å²) in [5, 5.41) is 9.23. The van der Waals surface area contributed by atoms with Gasteiger partial charge in [-0.3, -0.25) is 14.3 Å². The number of rotatable bonds is 4. The zero-order chi connectivity index (χ0) is 24.4. The number of aromatic amines is 2. The maximum absolute atomic E-state index is 12.8. The molecule has 8 nitrogen and oxygen atoms in total. The summed E-state index contributed by atoms with van der Waals surface area (Å²) >= 11 is 0. The molecule has 2 heterocycles. The van der Waals surface area contributed by atoms with Crippen LogP contribution in [0, 0.1) is 0 Å². The van der Waals surface area contributed by atoms with Crippen LogP contribution >= 0.6 is 0 Å². The number of aromatic nitrogens is 2. The van der Waals surface area contributed by atoms with Crippen LogP contribution in [-0.2, 0) is 20.2 Å². The summed E-state index contributed by atoms with van der Waals surface area (Å²) in [6, 6.07) is 13.8. The molecule has 33 heavy (non-hydrogen) atoms. The number of sulfonamides is 1. The Balaban J connectivity index is 0.000000555. The molecule has 0 radical (unpaired) electrons. The van der Waals surface area contributed by atoms with Gasteiger partial charge in [0.1, 0.15) is 5.52 Å². The van der Waals surface area contributed by atoms with E-state index in [1.165, 1.54) is 0 Å². The van der Waals surface area contributed by atoms with Gasteiger partial charge in [-0.05, 0) is 47.4 Å². The molecule has 2 aromatic carbocycles. The number of nitrogens with one attached hydrogen (secondary N) is 3. The van der Waals surface area contributed by atoms with Crippen LogP contribution in [0.1, 0.15) is 39.7 Å². The van der Waals surface area contributed by atoms with Crippen molar-refractivity contribution in [2.75, 3.05) is 4.72 Å². The maximum atomic E-state index is 12.8. The topological polar surface area (TPSA) is 132 Å². The Labute approximate surface area is 191 Å². The average molecular weight is 470 g/mol. The number of carboxylic acid groups (broad SMARTS) is 1. The first-order chi connectivity index (χ1) is 15.4. The lowest BCUT2D eigenvalue weighted by molar-refractivity contribution is -0.136. The van der Waals surface area contributed by atoms with Crippen LogP contribution in [0.5, 0.6) is 0 Å². The third-order valence-electron chi connectivity index (χ3n) is 5.12. The van der Waals surface area contributed by atoms with Crippen molar-refractivity contribution in [1.82, 2.24) is 9.97 Å². The van der Waals surface area contributed by atoms with Crippen LogP contribution in [0.2, 0.25) is 0 Å². The monoisotopic (exact) mass is 469 g/mol. The second-order valence-corrected chi connectivity index (χ2v) is 10.3. The van der Waals surface area contributed by atoms with Crippen LogP contribution in [0.3, 0.4) is 0 Å². The highest BCUT2D eigenvalue weighted by Crippen LogP contribution is 2.27. The molecule has 0 aliphatic carbocycles. The summed E-state index contributed by atoms with van der Waals surface area (Å²) in [5.74, 6) is -0.745. The van der Waals surface area contributed by atoms with Gasteiger partial charge in [-0.15, -0.1) is 0 Å². The van der Waals surface area contributed by atoms with Gasteiger partial charge in [0.15, 0.2) is 0 Å². The first kappa shape index (κ1) is 24.1. The number of aliphatic carboxylic acids is 1. The largest absolute Gasteiger partial charge is 0.481 e. The van der Waals surface area contributed by atoms with Gasteiger partial charge in [-0.1, -0.05) is 39.8 Å². The molecule has 0 saturated heterocycles. The smallest absolute Gasteiger partial charge is 0.303 e. The van der Waals surface area contributed by atoms with Gasteiger partial charge in [0, 0.05) is 34.6 Å². The van der Waals surface area contributed by atoms with E-state index in [1.807, 2.05) is 12.1 Å². The minimum absolute atomic E-state index is 0.0487. The number of H-pyrrole nitrogens is 2. The van der Waals surface area contributed by atoms with E-state index in [0.717, 1.165) is 16.3 Å². The van der Waals surface area contributed by atoms with E-state index < -0.39 is 16.0 Å². The third kappa shape index (κ3) is 5.43. The van der Waals surface area contributed by atoms with Gasteiger partial charge >= 0.3 is 5.97 Å². The minimum Gasteiger partial charge on any atom is -0.481 e. The number of benzene rings is 2. The number of hydrogen-bond donors (Lipinski definition) is 4. The normalized spacial score (nSPS) is 11.8. The second-order valence-electron chi connectivity index (χ2n) is 8.61. The molecular weight excluding hydrogens is 442 g/mol. The molecule has 0 fully saturated rings. The molecule has 4 aromatic rings. The summed E-state index contributed by atoms with van der Waals surface area (Å²) in [4.78, 5) is 27.3. The Morgan fingerprint density at radius 3 is 2.24 bits per heavy atom. The van der Waals surface area contributed by atoms with Crippen molar-refractivity contribution in [3.63, 3.8) is 0 Å². The number of carboxylic acids is 1. The quantitative estimate of drug-likeness (QED) is 0.347. The molecule has 0 bridgehead atoms. The standard InChI is InChI=1S/C21H21N3O3S.C3H6O2/c1-21(2,3)13-4-7-15(8-5-13)28(26,27)24-14-6-9-18-17(12-14)16-10-11-22-19(16)20(25)23-18;1-2-3(4)5/h4-12,22,24H,1-3H3,(H,23,25);2H2,1H3,(H,4,5). The van der Waals surface area contributed by atoms with Crippen LogP contribution in [-0.4, -0.2) is 29.5 Å². The molecule has 0 aliphatic heterocycles. The number of fused-ring (bicyclic) bond motifs is 3. The second kappa shape index (κ2) is 9.11. The van der Waals surface area contributed by atoms with E-state index in [-0.39, 0.29) is 22.3 Å². The maximum Gasteiger partial charge on any atom is 0.303 e. The zero-order valence-corrected chi connectivity index (χ0v) is 19.7. The van der Waals surface area contributed by atoms with Crippen molar-refractivity contribution < 1.29 is 18.3 Å². The van der Waals surface area contributed by atoms with Crippen LogP contribution in [0.25, 0.3) is 21.8 Å². The summed E-state index contributed by atoms with van der Waals surface area (Å²) in [6.07, 6.45) is 1.91. The Morgan fingerprint density at radius 2 is 1.67 bits per heavy atom. The number of pyridine rings is 1. The summed E-state index contributed by atoms with van der Waals surface area (Å²) in [7, 11) is -3.72. The number of hydrogen-bond acceptors (Lipinski definition) is 4. The molecule has 2 aromatic heterocycles. The molecule has 4 rings (SSSR count). The van der Waals surface area contributed by atoms with Gasteiger partial charge in [-0.25, -0.2) is 8.42 Å². The molecule has 9 heteroatoms. The van der Waals surface area contributed by atoms with E-state index in [2.05, 4.69) is 35.5 Å². The van der Waals surface area contributed by atoms with Gasteiger partial charge < -0.3 is 15.1 Å². The summed E-state index contributed by atoms with van der Waals surface area (Å²) < 4.78 is 28.2. The summed E-state index contributed by atoms with van der Waals surface area (Å²) in [5.41, 5.74) is 2.35. The van der Waals surface area contributed by atoms with Crippen molar-refractivity contribution in [2.45, 2.75) is 44.4 Å². The molecule has 0 unspecified atom stereocenters. The van der Waals surface area contributed by atoms with Gasteiger partial charge in [0.25, 0.3) is 15.6 Å². The van der Waals surface area contributed by atoms with Crippen molar-refractivity contribution in [1.29, 1.82) is 0 Å². The number of carbonyl (C=O) groups is 1. The zero-order valence-electron chi connectivity index (χ0n) is 18.9. The lowest BCUT2D eigenvalue weighted by atomic mass is 9.87. The Morgan fingerprint density at radius 1 is 1.03 bits per heavy atom. The molecule has 0 atom stereocenters. The van der Waals surface area contributed by atoms with Gasteiger partial charge in [0.2, 0.25) is 0 Å². The average Bonchev–Trinajstić information content (AvgIpc) is 3.25. The summed E-state index contributed by atoms with van der Waals surface area (Å²) in [6.45, 7) is 7.84. The third-order valence-corrected chi connectivity index (χ3v) is 6.51. The predicted molar refractivity (Wildman–Crippen MR) is 130 cm³/mol. The van der Waals surface area contributed by atoms with Crippen LogP contribution in [0.15, 0.2) is 64.4 Å². The Bertz CT molecular complexity index is 1460. The highest BCUT2D eigenvalue weighted by Gasteiger charge is 2.18. The van der Waals surface area contributed by atoms with E-state index in [1.54, 1.807) is 49.5 Å². The molecular formula is C24H27N3O5S. The lowest BCUT2D eigenvalue weighted by Crippen LogP contribution is -2.15.